The van der Waals surface area contributed by atoms with Gasteiger partial charge in [-0.25, -0.2) is 0 Å². The van der Waals surface area contributed by atoms with E-state index in [1.165, 1.54) is 24.6 Å². The number of halogens is 3. The Hall–Kier alpha value is -0.134. The molecule has 5 nitrogen and oxygen atoms in total. The van der Waals surface area contributed by atoms with Crippen molar-refractivity contribution in [2.24, 2.45) is 0 Å². The third-order valence-electron chi connectivity index (χ3n) is 2.43. The van der Waals surface area contributed by atoms with Crippen molar-refractivity contribution in [3.05, 3.63) is 23.3 Å². The van der Waals surface area contributed by atoms with Gasteiger partial charge in [-0.2, -0.15) is 21.6 Å². The van der Waals surface area contributed by atoms with Crippen LogP contribution >= 0.6 is 0 Å². The summed E-state index contributed by atoms with van der Waals surface area (Å²) in [5, 5.41) is 2.41. The first kappa shape index (κ1) is 20.9. The van der Waals surface area contributed by atoms with Crippen molar-refractivity contribution in [1.82, 2.24) is 0 Å². The molecule has 0 aromatic heterocycles. The maximum Gasteiger partial charge on any atom is 1.00 e. The molecule has 0 aliphatic rings. The predicted molar refractivity (Wildman–Crippen MR) is 68.8 cm³/mol. The van der Waals surface area contributed by atoms with E-state index in [-0.39, 0.29) is 62.8 Å². The van der Waals surface area contributed by atoms with Gasteiger partial charge in [-0.1, -0.05) is 6.07 Å². The Morgan fingerprint density at radius 1 is 1.10 bits per heavy atom. The first-order valence-electron chi connectivity index (χ1n) is 5.42. The predicted octanol–water partition coefficient (Wildman–Crippen LogP) is -0.473. The van der Waals surface area contributed by atoms with Gasteiger partial charge in [-0.05, 0) is 31.0 Å². The van der Waals surface area contributed by atoms with Crippen molar-refractivity contribution < 1.29 is 77.8 Å². The Bertz CT molecular complexity index is 645. The SMILES string of the molecule is CC(=O)Nc1cc(NS(=O)(=O)C(F)(F)F)c(C)cc1C.[K+]. The summed E-state index contributed by atoms with van der Waals surface area (Å²) in [6.07, 6.45) is 0. The second kappa shape index (κ2) is 7.42. The molecule has 1 amide bonds. The normalized spacial score (nSPS) is 11.5. The quantitative estimate of drug-likeness (QED) is 0.725. The average molecular weight is 349 g/mol. The van der Waals surface area contributed by atoms with E-state index < -0.39 is 21.4 Å². The number of hydrogen-bond donors (Lipinski definition) is 2. The summed E-state index contributed by atoms with van der Waals surface area (Å²) in [6.45, 7) is 4.33. The van der Waals surface area contributed by atoms with Crippen molar-refractivity contribution >= 4 is 27.3 Å². The largest absolute Gasteiger partial charge is 1.00 e. The van der Waals surface area contributed by atoms with Gasteiger partial charge < -0.3 is 5.32 Å². The molecule has 0 aliphatic carbocycles. The zero-order chi connectivity index (χ0) is 15.7. The molecule has 10 heteroatoms. The van der Waals surface area contributed by atoms with E-state index in [1.807, 2.05) is 0 Å². The fourth-order valence-electron chi connectivity index (χ4n) is 1.49. The van der Waals surface area contributed by atoms with Gasteiger partial charge >= 0.3 is 66.9 Å². The summed E-state index contributed by atoms with van der Waals surface area (Å²) in [6, 6.07) is 2.62. The van der Waals surface area contributed by atoms with E-state index in [1.54, 1.807) is 6.92 Å². The van der Waals surface area contributed by atoms with Crippen LogP contribution in [0.4, 0.5) is 24.5 Å². The second-order valence-corrected chi connectivity index (χ2v) is 5.89. The van der Waals surface area contributed by atoms with E-state index in [0.717, 1.165) is 6.07 Å². The van der Waals surface area contributed by atoms with Gasteiger partial charge in [0.2, 0.25) is 5.91 Å². The fraction of sp³-hybridized carbons (Fsp3) is 0.364. The number of anilines is 2. The Morgan fingerprint density at radius 2 is 1.57 bits per heavy atom. The minimum atomic E-state index is -5.49. The molecule has 112 valence electrons. The van der Waals surface area contributed by atoms with Gasteiger partial charge in [-0.3, -0.25) is 9.52 Å². The summed E-state index contributed by atoms with van der Waals surface area (Å²) >= 11 is 0. The maximum atomic E-state index is 12.3. The average Bonchev–Trinajstić information content (AvgIpc) is 2.22. The molecule has 0 radical (unpaired) electrons. The molecule has 1 aromatic rings. The molecule has 0 spiro atoms. The number of nitrogens with one attached hydrogen (secondary N) is 2. The Labute approximate surface area is 163 Å². The molecule has 0 saturated carbocycles. The minimum absolute atomic E-state index is 0. The number of amides is 1. The molecule has 1 aromatic carbocycles. The summed E-state index contributed by atoms with van der Waals surface area (Å²) < 4.78 is 60.6. The Kier molecular flexibility index (Phi) is 7.37. The molecule has 0 heterocycles. The van der Waals surface area contributed by atoms with Crippen LogP contribution in [0.3, 0.4) is 0 Å². The maximum absolute atomic E-state index is 12.3. The van der Waals surface area contributed by atoms with Crippen LogP contribution in [0.1, 0.15) is 18.1 Å². The first-order chi connectivity index (χ1) is 8.94. The Morgan fingerprint density at radius 3 is 2.00 bits per heavy atom. The van der Waals surface area contributed by atoms with Gasteiger partial charge in [0, 0.05) is 12.6 Å². The zero-order valence-corrected chi connectivity index (χ0v) is 15.9. The zero-order valence-electron chi connectivity index (χ0n) is 11.9. The van der Waals surface area contributed by atoms with Gasteiger partial charge in [0.1, 0.15) is 0 Å². The topological polar surface area (TPSA) is 75.3 Å². The van der Waals surface area contributed by atoms with Crippen molar-refractivity contribution in [3.63, 3.8) is 0 Å². The van der Waals surface area contributed by atoms with Crippen LogP contribution in [-0.4, -0.2) is 19.8 Å². The molecule has 0 bridgehead atoms. The van der Waals surface area contributed by atoms with E-state index in [2.05, 4.69) is 5.32 Å². The molecular weight excluding hydrogens is 336 g/mol. The summed E-state index contributed by atoms with van der Waals surface area (Å²) in [7, 11) is -5.49. The van der Waals surface area contributed by atoms with Crippen LogP contribution in [-0.2, 0) is 14.8 Å². The van der Waals surface area contributed by atoms with Gasteiger partial charge in [-0.15, -0.1) is 0 Å². The van der Waals surface area contributed by atoms with Crippen molar-refractivity contribution in [1.29, 1.82) is 0 Å². The van der Waals surface area contributed by atoms with Gasteiger partial charge in [0.15, 0.2) is 0 Å². The number of alkyl halides is 3. The summed E-state index contributed by atoms with van der Waals surface area (Å²) in [5.41, 5.74) is -4.49. The third-order valence-corrected chi connectivity index (χ3v) is 3.53. The number of hydrogen-bond acceptors (Lipinski definition) is 3. The van der Waals surface area contributed by atoms with Crippen LogP contribution in [0.5, 0.6) is 0 Å². The number of carbonyl (C=O) groups is 1. The molecule has 0 saturated heterocycles. The molecule has 0 atom stereocenters. The monoisotopic (exact) mass is 349 g/mol. The molecule has 0 aliphatic heterocycles. The number of aryl methyl sites for hydroxylation is 2. The number of sulfonamides is 1. The van der Waals surface area contributed by atoms with Crippen molar-refractivity contribution in [2.45, 2.75) is 26.3 Å². The first-order valence-corrected chi connectivity index (χ1v) is 6.90. The summed E-state index contributed by atoms with van der Waals surface area (Å²) in [5.74, 6) is -0.415. The van der Waals surface area contributed by atoms with Crippen LogP contribution in [0.2, 0.25) is 0 Å². The van der Waals surface area contributed by atoms with E-state index in [0.29, 0.717) is 11.1 Å². The molecule has 2 N–H and O–H groups in total. The standard InChI is InChI=1S/C11H13F3N2O3S.K/c1-6-4-7(2)10(5-9(6)15-8(3)17)16-20(18,19)11(12,13)14;/h4-5,16H,1-3H3,(H,15,17);/q;+1. The van der Waals surface area contributed by atoms with Crippen LogP contribution in [0.15, 0.2) is 12.1 Å². The second-order valence-electron chi connectivity index (χ2n) is 4.21. The van der Waals surface area contributed by atoms with Crippen LogP contribution in [0, 0.1) is 13.8 Å². The fourth-order valence-corrected chi connectivity index (χ4v) is 2.11. The third kappa shape index (κ3) is 5.53. The van der Waals surface area contributed by atoms with E-state index in [9.17, 15) is 26.4 Å². The van der Waals surface area contributed by atoms with Crippen molar-refractivity contribution in [3.8, 4) is 0 Å². The molecule has 21 heavy (non-hydrogen) atoms. The number of carbonyl (C=O) groups excluding carboxylic acids is 1. The molecular formula is C11H13F3KN2O3S+. The van der Waals surface area contributed by atoms with E-state index >= 15 is 0 Å². The molecule has 1 rings (SSSR count). The van der Waals surface area contributed by atoms with Crippen LogP contribution < -0.4 is 61.4 Å². The smallest absolute Gasteiger partial charge is 0.326 e. The number of benzene rings is 1. The molecule has 0 unspecified atom stereocenters. The minimum Gasteiger partial charge on any atom is -0.326 e. The van der Waals surface area contributed by atoms with Crippen molar-refractivity contribution in [2.75, 3.05) is 10.0 Å². The van der Waals surface area contributed by atoms with Crippen LogP contribution in [0.25, 0.3) is 0 Å². The van der Waals surface area contributed by atoms with E-state index in [4.69, 9.17) is 0 Å². The van der Waals surface area contributed by atoms with Gasteiger partial charge in [0.05, 0.1) is 5.69 Å². The Balaban J connectivity index is 0.00000400. The summed E-state index contributed by atoms with van der Waals surface area (Å²) in [4.78, 5) is 11.0. The van der Waals surface area contributed by atoms with Gasteiger partial charge in [0.25, 0.3) is 0 Å². The number of rotatable bonds is 3. The molecule has 0 fully saturated rings.